The molecule has 0 unspecified atom stereocenters. The molecule has 0 aliphatic carbocycles. The lowest BCUT2D eigenvalue weighted by molar-refractivity contribution is -0.145. The highest BCUT2D eigenvalue weighted by Crippen LogP contribution is 2.16. The number of anilines is 1. The molecule has 108 valence electrons. The summed E-state index contributed by atoms with van der Waals surface area (Å²) in [6, 6.07) is 5.73. The molecular formula is C13H18F4N2. The Morgan fingerprint density at radius 3 is 2.26 bits per heavy atom. The summed E-state index contributed by atoms with van der Waals surface area (Å²) in [7, 11) is 0. The molecule has 0 saturated carbocycles. The third-order valence-corrected chi connectivity index (χ3v) is 2.54. The quantitative estimate of drug-likeness (QED) is 0.768. The van der Waals surface area contributed by atoms with Crippen LogP contribution in [0.15, 0.2) is 24.3 Å². The van der Waals surface area contributed by atoms with Crippen LogP contribution in [0.2, 0.25) is 0 Å². The van der Waals surface area contributed by atoms with Crippen molar-refractivity contribution in [2.75, 3.05) is 31.5 Å². The molecule has 2 nitrogen and oxygen atoms in total. The SMILES string of the molecule is CCCN(CCNc1ccc(F)cc1)CC(F)(F)F. The molecule has 1 rings (SSSR count). The zero-order valence-corrected chi connectivity index (χ0v) is 10.8. The number of hydrogen-bond donors (Lipinski definition) is 1. The smallest absolute Gasteiger partial charge is 0.384 e. The van der Waals surface area contributed by atoms with Crippen LogP contribution in [0, 0.1) is 5.82 Å². The van der Waals surface area contributed by atoms with Crippen molar-refractivity contribution >= 4 is 5.69 Å². The van der Waals surface area contributed by atoms with E-state index < -0.39 is 12.7 Å². The van der Waals surface area contributed by atoms with E-state index in [0.29, 0.717) is 31.7 Å². The zero-order valence-electron chi connectivity index (χ0n) is 10.8. The standard InChI is InChI=1S/C13H18F4N2/c1-2-8-19(10-13(15,16)17)9-7-18-12-5-3-11(14)4-6-12/h3-6,18H,2,7-10H2,1H3. The third kappa shape index (κ3) is 7.00. The molecule has 0 spiro atoms. The van der Waals surface area contributed by atoms with Crippen LogP contribution in [0.4, 0.5) is 23.2 Å². The van der Waals surface area contributed by atoms with E-state index in [4.69, 9.17) is 0 Å². The molecule has 0 atom stereocenters. The number of benzene rings is 1. The molecule has 0 aromatic heterocycles. The average Bonchev–Trinajstić information content (AvgIpc) is 2.30. The Bertz CT molecular complexity index is 362. The molecule has 0 bridgehead atoms. The van der Waals surface area contributed by atoms with E-state index in [1.807, 2.05) is 6.92 Å². The lowest BCUT2D eigenvalue weighted by atomic mass is 10.3. The van der Waals surface area contributed by atoms with Crippen LogP contribution >= 0.6 is 0 Å². The molecule has 0 heterocycles. The van der Waals surface area contributed by atoms with Crippen molar-refractivity contribution in [2.24, 2.45) is 0 Å². The van der Waals surface area contributed by atoms with Gasteiger partial charge >= 0.3 is 6.18 Å². The van der Waals surface area contributed by atoms with Gasteiger partial charge in [-0.1, -0.05) is 6.92 Å². The second kappa shape index (κ2) is 7.33. The minimum absolute atomic E-state index is 0.296. The Hall–Kier alpha value is -1.30. The zero-order chi connectivity index (χ0) is 14.3. The van der Waals surface area contributed by atoms with Gasteiger partial charge in [0.25, 0.3) is 0 Å². The maximum absolute atomic E-state index is 12.7. The van der Waals surface area contributed by atoms with Crippen LogP contribution in [-0.2, 0) is 0 Å². The first-order valence-corrected chi connectivity index (χ1v) is 6.19. The van der Waals surface area contributed by atoms with Gasteiger partial charge in [0, 0.05) is 18.8 Å². The topological polar surface area (TPSA) is 15.3 Å². The summed E-state index contributed by atoms with van der Waals surface area (Å²) in [4.78, 5) is 1.36. The van der Waals surface area contributed by atoms with Crippen LogP contribution in [0.3, 0.4) is 0 Å². The van der Waals surface area contributed by atoms with Gasteiger partial charge in [0.05, 0.1) is 6.54 Å². The molecule has 1 aromatic carbocycles. The van der Waals surface area contributed by atoms with Gasteiger partial charge in [-0.05, 0) is 37.2 Å². The van der Waals surface area contributed by atoms with Crippen molar-refractivity contribution in [2.45, 2.75) is 19.5 Å². The van der Waals surface area contributed by atoms with Gasteiger partial charge in [-0.15, -0.1) is 0 Å². The largest absolute Gasteiger partial charge is 0.401 e. The normalized spacial score (nSPS) is 11.9. The molecule has 1 aromatic rings. The number of hydrogen-bond acceptors (Lipinski definition) is 2. The Morgan fingerprint density at radius 2 is 1.74 bits per heavy atom. The monoisotopic (exact) mass is 278 g/mol. The van der Waals surface area contributed by atoms with Crippen molar-refractivity contribution < 1.29 is 17.6 Å². The number of nitrogens with one attached hydrogen (secondary N) is 1. The molecule has 1 N–H and O–H groups in total. The molecule has 0 radical (unpaired) electrons. The van der Waals surface area contributed by atoms with E-state index in [2.05, 4.69) is 5.32 Å². The van der Waals surface area contributed by atoms with Crippen LogP contribution in [0.25, 0.3) is 0 Å². The summed E-state index contributed by atoms with van der Waals surface area (Å²) in [6.45, 7) is 2.04. The number of halogens is 4. The van der Waals surface area contributed by atoms with E-state index in [0.717, 1.165) is 0 Å². The maximum Gasteiger partial charge on any atom is 0.401 e. The Morgan fingerprint density at radius 1 is 1.11 bits per heavy atom. The van der Waals surface area contributed by atoms with Gasteiger partial charge in [-0.25, -0.2) is 4.39 Å². The highest BCUT2D eigenvalue weighted by atomic mass is 19.4. The summed E-state index contributed by atoms with van der Waals surface area (Å²) in [5.41, 5.74) is 0.699. The van der Waals surface area contributed by atoms with Crippen LogP contribution < -0.4 is 5.32 Å². The highest BCUT2D eigenvalue weighted by Gasteiger charge is 2.29. The Kier molecular flexibility index (Phi) is 6.08. The predicted octanol–water partition coefficient (Wildman–Crippen LogP) is 3.51. The molecule has 6 heteroatoms. The third-order valence-electron chi connectivity index (χ3n) is 2.54. The number of nitrogens with zero attached hydrogens (tertiary/aromatic N) is 1. The minimum atomic E-state index is -4.18. The van der Waals surface area contributed by atoms with E-state index >= 15 is 0 Å². The van der Waals surface area contributed by atoms with E-state index in [-0.39, 0.29) is 5.82 Å². The number of rotatable bonds is 7. The summed E-state index contributed by atoms with van der Waals surface area (Å²) < 4.78 is 49.6. The van der Waals surface area contributed by atoms with Crippen molar-refractivity contribution in [3.8, 4) is 0 Å². The molecule has 0 fully saturated rings. The first kappa shape index (κ1) is 15.8. The van der Waals surface area contributed by atoms with Gasteiger partial charge in [0.15, 0.2) is 0 Å². The minimum Gasteiger partial charge on any atom is -0.384 e. The van der Waals surface area contributed by atoms with Gasteiger partial charge in [-0.3, -0.25) is 4.90 Å². The Labute approximate surface area is 110 Å². The van der Waals surface area contributed by atoms with Crippen molar-refractivity contribution in [1.82, 2.24) is 4.90 Å². The van der Waals surface area contributed by atoms with Crippen molar-refractivity contribution in [3.05, 3.63) is 30.1 Å². The predicted molar refractivity (Wildman–Crippen MR) is 67.7 cm³/mol. The molecule has 0 saturated heterocycles. The molecular weight excluding hydrogens is 260 g/mol. The van der Waals surface area contributed by atoms with E-state index in [1.165, 1.54) is 17.0 Å². The second-order valence-corrected chi connectivity index (χ2v) is 4.32. The molecule has 0 amide bonds. The van der Waals surface area contributed by atoms with Gasteiger partial charge in [0.2, 0.25) is 0 Å². The van der Waals surface area contributed by atoms with Crippen molar-refractivity contribution in [1.29, 1.82) is 0 Å². The molecule has 0 aliphatic heterocycles. The van der Waals surface area contributed by atoms with Gasteiger partial charge in [-0.2, -0.15) is 13.2 Å². The summed E-state index contributed by atoms with van der Waals surface area (Å²) >= 11 is 0. The summed E-state index contributed by atoms with van der Waals surface area (Å²) in [5.74, 6) is -0.338. The first-order chi connectivity index (χ1) is 8.90. The highest BCUT2D eigenvalue weighted by molar-refractivity contribution is 5.42. The maximum atomic E-state index is 12.7. The lowest BCUT2D eigenvalue weighted by Gasteiger charge is -2.23. The first-order valence-electron chi connectivity index (χ1n) is 6.19. The fraction of sp³-hybridized carbons (Fsp3) is 0.538. The van der Waals surface area contributed by atoms with Gasteiger partial charge < -0.3 is 5.32 Å². The summed E-state index contributed by atoms with van der Waals surface area (Å²) in [6.07, 6.45) is -3.50. The summed E-state index contributed by atoms with van der Waals surface area (Å²) in [5, 5.41) is 2.97. The average molecular weight is 278 g/mol. The van der Waals surface area contributed by atoms with E-state index in [1.54, 1.807) is 12.1 Å². The molecule has 0 aliphatic rings. The second-order valence-electron chi connectivity index (χ2n) is 4.32. The Balaban J connectivity index is 2.37. The van der Waals surface area contributed by atoms with E-state index in [9.17, 15) is 17.6 Å². The molecule has 19 heavy (non-hydrogen) atoms. The fourth-order valence-electron chi connectivity index (χ4n) is 1.77. The van der Waals surface area contributed by atoms with Crippen LogP contribution in [-0.4, -0.2) is 37.3 Å². The van der Waals surface area contributed by atoms with Crippen molar-refractivity contribution in [3.63, 3.8) is 0 Å². The van der Waals surface area contributed by atoms with Crippen LogP contribution in [0.1, 0.15) is 13.3 Å². The lowest BCUT2D eigenvalue weighted by Crippen LogP contribution is -2.37. The fourth-order valence-corrected chi connectivity index (χ4v) is 1.77. The van der Waals surface area contributed by atoms with Crippen LogP contribution in [0.5, 0.6) is 0 Å². The number of alkyl halides is 3. The van der Waals surface area contributed by atoms with Gasteiger partial charge in [0.1, 0.15) is 5.82 Å².